The molecule has 1 aliphatic heterocycles. The van der Waals surface area contributed by atoms with E-state index in [1.54, 1.807) is 0 Å². The topological polar surface area (TPSA) is 84.5 Å². The number of benzene rings is 1. The lowest BCUT2D eigenvalue weighted by Gasteiger charge is -2.31. The van der Waals surface area contributed by atoms with E-state index >= 15 is 0 Å². The molecule has 10 heteroatoms. The summed E-state index contributed by atoms with van der Waals surface area (Å²) in [4.78, 5) is 36.0. The van der Waals surface area contributed by atoms with Crippen molar-refractivity contribution < 1.29 is 36.7 Å². The average molecular weight is 360 g/mol. The van der Waals surface area contributed by atoms with E-state index in [0.29, 0.717) is 0 Å². The lowest BCUT2D eigenvalue weighted by molar-refractivity contribution is -0.188. The molecule has 25 heavy (non-hydrogen) atoms. The van der Waals surface area contributed by atoms with Crippen LogP contribution in [0.5, 0.6) is 0 Å². The highest BCUT2D eigenvalue weighted by molar-refractivity contribution is 6.11. The summed E-state index contributed by atoms with van der Waals surface area (Å²) in [5.41, 5.74) is -5.95. The van der Waals surface area contributed by atoms with Crippen LogP contribution < -0.4 is 10.6 Å². The number of allylic oxidation sites excluding steroid dienone is 1. The molecule has 1 unspecified atom stereocenters. The summed E-state index contributed by atoms with van der Waals surface area (Å²) in [5, 5.41) is 3.32. The first-order valence-corrected chi connectivity index (χ1v) is 6.81. The Labute approximate surface area is 138 Å². The van der Waals surface area contributed by atoms with Gasteiger partial charge in [0.25, 0.3) is 11.8 Å². The minimum absolute atomic E-state index is 0.428. The van der Waals surface area contributed by atoms with E-state index in [-0.39, 0.29) is 0 Å². The Morgan fingerprint density at radius 3 is 2.36 bits per heavy atom. The van der Waals surface area contributed by atoms with Crippen LogP contribution in [0.1, 0.15) is 17.3 Å². The molecule has 0 saturated heterocycles. The fourth-order valence-corrected chi connectivity index (χ4v) is 2.47. The maximum absolute atomic E-state index is 13.8. The second-order valence-corrected chi connectivity index (χ2v) is 5.13. The largest absolute Gasteiger partial charge is 0.466 e. The van der Waals surface area contributed by atoms with Crippen molar-refractivity contribution in [1.82, 2.24) is 10.6 Å². The molecule has 0 aromatic heterocycles. The first-order chi connectivity index (χ1) is 11.6. The van der Waals surface area contributed by atoms with Crippen molar-refractivity contribution in [3.05, 3.63) is 46.9 Å². The van der Waals surface area contributed by atoms with Gasteiger partial charge in [0.05, 0.1) is 12.7 Å². The summed E-state index contributed by atoms with van der Waals surface area (Å²) in [7, 11) is 0.825. The summed E-state index contributed by atoms with van der Waals surface area (Å²) in [6, 6.07) is 4.27. The second-order valence-electron chi connectivity index (χ2n) is 5.13. The predicted octanol–water partition coefficient (Wildman–Crippen LogP) is 1.43. The van der Waals surface area contributed by atoms with Crippen molar-refractivity contribution in [2.75, 3.05) is 7.11 Å². The van der Waals surface area contributed by atoms with Gasteiger partial charge in [-0.1, -0.05) is 12.1 Å². The zero-order chi connectivity index (χ0) is 19.0. The number of hydrogen-bond acceptors (Lipinski definition) is 4. The molecule has 0 spiro atoms. The van der Waals surface area contributed by atoms with E-state index in [2.05, 4.69) is 4.74 Å². The third kappa shape index (κ3) is 2.83. The molecule has 1 aliphatic rings. The highest BCUT2D eigenvalue weighted by Gasteiger charge is 2.69. The Morgan fingerprint density at radius 1 is 1.24 bits per heavy atom. The highest BCUT2D eigenvalue weighted by Crippen LogP contribution is 2.41. The zero-order valence-electron chi connectivity index (χ0n) is 13.0. The predicted molar refractivity (Wildman–Crippen MR) is 75.5 cm³/mol. The Bertz CT molecular complexity index is 788. The van der Waals surface area contributed by atoms with Crippen molar-refractivity contribution >= 4 is 17.8 Å². The quantitative estimate of drug-likeness (QED) is 0.631. The molecule has 0 radical (unpaired) electrons. The molecule has 0 aliphatic carbocycles. The Hall–Kier alpha value is -2.91. The molecule has 0 fully saturated rings. The van der Waals surface area contributed by atoms with Gasteiger partial charge < -0.3 is 15.4 Å². The molecule has 0 bridgehead atoms. The minimum atomic E-state index is -5.39. The first-order valence-electron chi connectivity index (χ1n) is 6.81. The standard InChI is InChI=1S/C15H12F4N2O4/c1-7-10(12(23)25-2)14(13(24)20-7,15(17,18)19)21-11(22)8-5-3-4-6-9(8)16/h3-6H,1-2H3,(H,20,24)(H,21,22). The zero-order valence-corrected chi connectivity index (χ0v) is 13.0. The SMILES string of the molecule is COC(=O)C1=C(C)NC(=O)C1(NC(=O)c1ccccc1F)C(F)(F)F. The number of hydrogen-bond donors (Lipinski definition) is 2. The second kappa shape index (κ2) is 6.19. The molecule has 134 valence electrons. The van der Waals surface area contributed by atoms with Crippen LogP contribution >= 0.6 is 0 Å². The van der Waals surface area contributed by atoms with Crippen LogP contribution in [0.3, 0.4) is 0 Å². The Balaban J connectivity index is 2.60. The van der Waals surface area contributed by atoms with E-state index in [1.165, 1.54) is 17.4 Å². The highest BCUT2D eigenvalue weighted by atomic mass is 19.4. The lowest BCUT2D eigenvalue weighted by Crippen LogP contribution is -2.66. The van der Waals surface area contributed by atoms with Gasteiger partial charge in [-0.25, -0.2) is 9.18 Å². The van der Waals surface area contributed by atoms with Gasteiger partial charge in [-0.3, -0.25) is 9.59 Å². The number of halogens is 4. The summed E-state index contributed by atoms with van der Waals surface area (Å²) in [6.07, 6.45) is -5.39. The van der Waals surface area contributed by atoms with Crippen molar-refractivity contribution in [3.63, 3.8) is 0 Å². The molecule has 1 aromatic carbocycles. The number of alkyl halides is 3. The van der Waals surface area contributed by atoms with Crippen LogP contribution in [0, 0.1) is 5.82 Å². The van der Waals surface area contributed by atoms with Crippen LogP contribution in [0.2, 0.25) is 0 Å². The third-order valence-corrected chi connectivity index (χ3v) is 3.63. The van der Waals surface area contributed by atoms with Gasteiger partial charge in [0, 0.05) is 5.70 Å². The Morgan fingerprint density at radius 2 is 1.84 bits per heavy atom. The molecule has 6 nitrogen and oxygen atoms in total. The van der Waals surface area contributed by atoms with E-state index in [9.17, 15) is 31.9 Å². The van der Waals surface area contributed by atoms with Crippen molar-refractivity contribution in [1.29, 1.82) is 0 Å². The molecular formula is C15H12F4N2O4. The minimum Gasteiger partial charge on any atom is -0.466 e. The number of carbonyl (C=O) groups excluding carboxylic acids is 3. The number of methoxy groups -OCH3 is 1. The van der Waals surface area contributed by atoms with E-state index in [0.717, 1.165) is 26.2 Å². The first kappa shape index (κ1) is 18.4. The Kier molecular flexibility index (Phi) is 4.56. The summed E-state index contributed by atoms with van der Waals surface area (Å²) in [6.45, 7) is 1.05. The van der Waals surface area contributed by atoms with Gasteiger partial charge in [-0.05, 0) is 19.1 Å². The number of rotatable bonds is 3. The van der Waals surface area contributed by atoms with E-state index < -0.39 is 52.1 Å². The molecule has 1 atom stereocenters. The van der Waals surface area contributed by atoms with Crippen LogP contribution in [-0.2, 0) is 14.3 Å². The average Bonchev–Trinajstić information content (AvgIpc) is 2.77. The van der Waals surface area contributed by atoms with Gasteiger partial charge in [0.15, 0.2) is 0 Å². The number of amides is 2. The normalized spacial score (nSPS) is 20.3. The van der Waals surface area contributed by atoms with Crippen molar-refractivity contribution in [2.45, 2.75) is 18.6 Å². The summed E-state index contributed by atoms with van der Waals surface area (Å²) in [5.74, 6) is -5.75. The molecular weight excluding hydrogens is 348 g/mol. The summed E-state index contributed by atoms with van der Waals surface area (Å²) >= 11 is 0. The van der Waals surface area contributed by atoms with Crippen LogP contribution in [-0.4, -0.2) is 36.6 Å². The molecule has 2 amide bonds. The number of ether oxygens (including phenoxy) is 1. The van der Waals surface area contributed by atoms with Gasteiger partial charge in [0.1, 0.15) is 11.4 Å². The molecule has 2 rings (SSSR count). The number of esters is 1. The maximum atomic E-state index is 13.8. The smallest absolute Gasteiger partial charge is 0.425 e. The maximum Gasteiger partial charge on any atom is 0.425 e. The molecule has 1 heterocycles. The van der Waals surface area contributed by atoms with Crippen molar-refractivity contribution in [2.24, 2.45) is 0 Å². The number of carbonyl (C=O) groups is 3. The van der Waals surface area contributed by atoms with Crippen LogP contribution in [0.25, 0.3) is 0 Å². The summed E-state index contributed by atoms with van der Waals surface area (Å²) < 4.78 is 59.2. The molecule has 0 saturated carbocycles. The van der Waals surface area contributed by atoms with E-state index in [4.69, 9.17) is 0 Å². The van der Waals surface area contributed by atoms with Crippen molar-refractivity contribution in [3.8, 4) is 0 Å². The molecule has 1 aromatic rings. The van der Waals surface area contributed by atoms with Gasteiger partial charge >= 0.3 is 12.1 Å². The van der Waals surface area contributed by atoms with Gasteiger partial charge in [-0.15, -0.1) is 0 Å². The van der Waals surface area contributed by atoms with Gasteiger partial charge in [0.2, 0.25) is 5.54 Å². The van der Waals surface area contributed by atoms with Crippen LogP contribution in [0.4, 0.5) is 17.6 Å². The fourth-order valence-electron chi connectivity index (χ4n) is 2.47. The third-order valence-electron chi connectivity index (χ3n) is 3.63. The lowest BCUT2D eigenvalue weighted by atomic mass is 9.88. The van der Waals surface area contributed by atoms with Gasteiger partial charge in [-0.2, -0.15) is 13.2 Å². The molecule has 2 N–H and O–H groups in total. The monoisotopic (exact) mass is 360 g/mol. The fraction of sp³-hybridized carbons (Fsp3) is 0.267. The number of nitrogens with one attached hydrogen (secondary N) is 2. The van der Waals surface area contributed by atoms with Crippen LogP contribution in [0.15, 0.2) is 35.5 Å². The van der Waals surface area contributed by atoms with E-state index in [1.807, 2.05) is 5.32 Å².